The van der Waals surface area contributed by atoms with Gasteiger partial charge in [0, 0.05) is 31.6 Å². The van der Waals surface area contributed by atoms with Crippen molar-refractivity contribution in [2.24, 2.45) is 0 Å². The molecule has 9 heteroatoms. The molecule has 6 nitrogen and oxygen atoms in total. The zero-order valence-electron chi connectivity index (χ0n) is 13.3. The number of hydrogen-bond acceptors (Lipinski definition) is 4. The maximum atomic E-state index is 12.7. The quantitative estimate of drug-likeness (QED) is 0.706. The Morgan fingerprint density at radius 2 is 1.88 bits per heavy atom. The van der Waals surface area contributed by atoms with Crippen molar-refractivity contribution in [3.8, 4) is 5.82 Å². The summed E-state index contributed by atoms with van der Waals surface area (Å²) >= 11 is 0. The number of nitrogens with zero attached hydrogens (tertiary/aromatic N) is 5. The fraction of sp³-hybridized carbons (Fsp3) is 0.176. The van der Waals surface area contributed by atoms with E-state index in [0.717, 1.165) is 12.3 Å². The van der Waals surface area contributed by atoms with Crippen LogP contribution < -0.4 is 4.90 Å². The van der Waals surface area contributed by atoms with E-state index in [-0.39, 0.29) is 11.7 Å². The zero-order chi connectivity index (χ0) is 18.3. The number of carbonyl (C=O) groups is 1. The van der Waals surface area contributed by atoms with Gasteiger partial charge in [0.1, 0.15) is 5.82 Å². The number of hydrogen-bond donors (Lipinski definition) is 0. The summed E-state index contributed by atoms with van der Waals surface area (Å²) in [6.45, 7) is 0.295. The molecule has 0 unspecified atom stereocenters. The van der Waals surface area contributed by atoms with Crippen molar-refractivity contribution in [2.45, 2.75) is 12.6 Å². The molecule has 1 aliphatic rings. The van der Waals surface area contributed by atoms with Crippen LogP contribution in [-0.2, 0) is 12.6 Å². The van der Waals surface area contributed by atoms with Crippen molar-refractivity contribution in [3.05, 3.63) is 65.7 Å². The number of carbonyl (C=O) groups excluding carboxylic acids is 1. The summed E-state index contributed by atoms with van der Waals surface area (Å²) in [5.41, 5.74) is 0.168. The van der Waals surface area contributed by atoms with Gasteiger partial charge < -0.3 is 0 Å². The molecule has 0 bridgehead atoms. The Bertz CT molecular complexity index is 951. The predicted molar refractivity (Wildman–Crippen MR) is 86.0 cm³/mol. The van der Waals surface area contributed by atoms with E-state index < -0.39 is 11.7 Å². The van der Waals surface area contributed by atoms with E-state index in [1.807, 2.05) is 6.07 Å². The van der Waals surface area contributed by atoms with Gasteiger partial charge in [-0.05, 0) is 24.3 Å². The summed E-state index contributed by atoms with van der Waals surface area (Å²) in [5.74, 6) is 0.411. The maximum Gasteiger partial charge on any atom is 0.417 e. The van der Waals surface area contributed by atoms with Gasteiger partial charge in [0.05, 0.1) is 16.8 Å². The van der Waals surface area contributed by atoms with E-state index in [0.29, 0.717) is 30.0 Å². The van der Waals surface area contributed by atoms with Gasteiger partial charge in [0.2, 0.25) is 0 Å². The molecule has 0 aliphatic carbocycles. The van der Waals surface area contributed by atoms with E-state index in [2.05, 4.69) is 15.1 Å². The lowest BCUT2D eigenvalue weighted by Gasteiger charge is -2.25. The van der Waals surface area contributed by atoms with E-state index in [1.54, 1.807) is 24.5 Å². The molecule has 0 atom stereocenters. The molecule has 0 fully saturated rings. The van der Waals surface area contributed by atoms with Crippen LogP contribution in [0.15, 0.2) is 48.9 Å². The molecule has 26 heavy (non-hydrogen) atoms. The summed E-state index contributed by atoms with van der Waals surface area (Å²) in [4.78, 5) is 22.1. The Morgan fingerprint density at radius 3 is 2.54 bits per heavy atom. The van der Waals surface area contributed by atoms with Crippen molar-refractivity contribution in [1.29, 1.82) is 0 Å². The molecule has 4 rings (SSSR count). The van der Waals surface area contributed by atoms with Gasteiger partial charge in [-0.2, -0.15) is 18.3 Å². The summed E-state index contributed by atoms with van der Waals surface area (Å²) in [7, 11) is 0. The first-order chi connectivity index (χ1) is 12.4. The minimum Gasteiger partial charge on any atom is -0.292 e. The topological polar surface area (TPSA) is 63.9 Å². The first kappa shape index (κ1) is 16.2. The molecule has 0 aromatic carbocycles. The van der Waals surface area contributed by atoms with Gasteiger partial charge in [-0.25, -0.2) is 14.6 Å². The second-order valence-electron chi connectivity index (χ2n) is 5.73. The molecule has 132 valence electrons. The van der Waals surface area contributed by atoms with Crippen molar-refractivity contribution in [3.63, 3.8) is 0 Å². The van der Waals surface area contributed by atoms with Crippen LogP contribution in [-0.4, -0.2) is 32.2 Å². The molecule has 0 radical (unpaired) electrons. The van der Waals surface area contributed by atoms with Crippen LogP contribution in [0.2, 0.25) is 0 Å². The van der Waals surface area contributed by atoms with Crippen LogP contribution in [0.5, 0.6) is 0 Å². The van der Waals surface area contributed by atoms with Gasteiger partial charge in [-0.3, -0.25) is 9.69 Å². The van der Waals surface area contributed by atoms with Gasteiger partial charge in [0.15, 0.2) is 5.82 Å². The lowest BCUT2D eigenvalue weighted by atomic mass is 10.1. The average Bonchev–Trinajstić information content (AvgIpc) is 3.08. The normalized spacial score (nSPS) is 14.4. The van der Waals surface area contributed by atoms with E-state index in [9.17, 15) is 18.0 Å². The number of amides is 1. The lowest BCUT2D eigenvalue weighted by Crippen LogP contribution is -2.37. The summed E-state index contributed by atoms with van der Waals surface area (Å²) in [6, 6.07) is 7.47. The van der Waals surface area contributed by atoms with Crippen LogP contribution in [0.1, 0.15) is 21.6 Å². The SMILES string of the molecule is O=C1c2cn(-c3ccccn3)nc2CCN1c1ccc(C(F)(F)F)cn1. The van der Waals surface area contributed by atoms with Crippen LogP contribution in [0, 0.1) is 0 Å². The highest BCUT2D eigenvalue weighted by atomic mass is 19.4. The highest BCUT2D eigenvalue weighted by Gasteiger charge is 2.33. The summed E-state index contributed by atoms with van der Waals surface area (Å²) in [6.07, 6.45) is -0.0556. The van der Waals surface area contributed by atoms with Crippen LogP contribution in [0.25, 0.3) is 5.82 Å². The molecule has 3 aromatic heterocycles. The Hall–Kier alpha value is -3.23. The lowest BCUT2D eigenvalue weighted by molar-refractivity contribution is -0.137. The fourth-order valence-corrected chi connectivity index (χ4v) is 2.78. The third-order valence-corrected chi connectivity index (χ3v) is 4.07. The maximum absolute atomic E-state index is 12.7. The highest BCUT2D eigenvalue weighted by molar-refractivity contribution is 6.07. The Morgan fingerprint density at radius 1 is 1.04 bits per heavy atom. The summed E-state index contributed by atoms with van der Waals surface area (Å²) in [5, 5.41) is 4.38. The van der Waals surface area contributed by atoms with Crippen LogP contribution in [0.3, 0.4) is 0 Å². The predicted octanol–water partition coefficient (Wildman–Crippen LogP) is 2.88. The van der Waals surface area contributed by atoms with Gasteiger partial charge in [0.25, 0.3) is 5.91 Å². The Balaban J connectivity index is 1.63. The van der Waals surface area contributed by atoms with Gasteiger partial charge >= 0.3 is 6.18 Å². The van der Waals surface area contributed by atoms with Crippen LogP contribution >= 0.6 is 0 Å². The second-order valence-corrected chi connectivity index (χ2v) is 5.73. The largest absolute Gasteiger partial charge is 0.417 e. The van der Waals surface area contributed by atoms with Crippen molar-refractivity contribution in [1.82, 2.24) is 19.7 Å². The molecule has 1 amide bonds. The van der Waals surface area contributed by atoms with Crippen LogP contribution in [0.4, 0.5) is 19.0 Å². The smallest absolute Gasteiger partial charge is 0.292 e. The van der Waals surface area contributed by atoms with Crippen molar-refractivity contribution >= 4 is 11.7 Å². The molecule has 0 spiro atoms. The third-order valence-electron chi connectivity index (χ3n) is 4.07. The molecule has 0 saturated heterocycles. The second kappa shape index (κ2) is 5.94. The average molecular weight is 359 g/mol. The first-order valence-corrected chi connectivity index (χ1v) is 7.78. The third kappa shape index (κ3) is 2.81. The minimum atomic E-state index is -4.46. The Kier molecular flexibility index (Phi) is 3.71. The van der Waals surface area contributed by atoms with Crippen molar-refractivity contribution in [2.75, 3.05) is 11.4 Å². The number of fused-ring (bicyclic) bond motifs is 1. The zero-order valence-corrected chi connectivity index (χ0v) is 13.3. The van der Waals surface area contributed by atoms with E-state index >= 15 is 0 Å². The molecular weight excluding hydrogens is 347 g/mol. The summed E-state index contributed by atoms with van der Waals surface area (Å²) < 4.78 is 39.5. The number of rotatable bonds is 2. The van der Waals surface area contributed by atoms with E-state index in [1.165, 1.54) is 15.6 Å². The number of anilines is 1. The van der Waals surface area contributed by atoms with Gasteiger partial charge in [-0.15, -0.1) is 0 Å². The highest BCUT2D eigenvalue weighted by Crippen LogP contribution is 2.30. The van der Waals surface area contributed by atoms with Gasteiger partial charge in [-0.1, -0.05) is 6.07 Å². The van der Waals surface area contributed by atoms with E-state index in [4.69, 9.17) is 0 Å². The Labute approximate surface area is 145 Å². The molecule has 4 heterocycles. The number of alkyl halides is 3. The molecule has 0 saturated carbocycles. The molecule has 3 aromatic rings. The fourth-order valence-electron chi connectivity index (χ4n) is 2.78. The molecular formula is C17H12F3N5O. The standard InChI is InChI=1S/C17H12F3N5O/c18-17(19,20)11-4-5-14(22-9-11)24-8-6-13-12(16(24)26)10-25(23-13)15-3-1-2-7-21-15/h1-5,7,9-10H,6,8H2. The number of pyridine rings is 2. The monoisotopic (exact) mass is 359 g/mol. The molecule has 0 N–H and O–H groups in total. The number of aromatic nitrogens is 4. The minimum absolute atomic E-state index is 0.180. The number of halogens is 3. The first-order valence-electron chi connectivity index (χ1n) is 7.78. The molecule has 1 aliphatic heterocycles. The van der Waals surface area contributed by atoms with Crippen molar-refractivity contribution < 1.29 is 18.0 Å².